The van der Waals surface area contributed by atoms with Crippen LogP contribution in [0.2, 0.25) is 0 Å². The average molecular weight is 580 g/mol. The van der Waals surface area contributed by atoms with E-state index in [2.05, 4.69) is 26.4 Å². The fraction of sp³-hybridized carbons (Fsp3) is 0.259. The Morgan fingerprint density at radius 1 is 1.15 bits per heavy atom. The summed E-state index contributed by atoms with van der Waals surface area (Å²) in [6.07, 6.45) is -8.28. The van der Waals surface area contributed by atoms with Crippen molar-refractivity contribution in [1.29, 1.82) is 0 Å². The second kappa shape index (κ2) is 9.78. The molecule has 5 rings (SSSR count). The Labute approximate surface area is 228 Å². The number of hydrogen-bond donors (Lipinski definition) is 2. The van der Waals surface area contributed by atoms with Gasteiger partial charge in [-0.15, -0.1) is 8.78 Å². The first-order valence-corrected chi connectivity index (χ1v) is 12.1. The Morgan fingerprint density at radius 2 is 1.85 bits per heavy atom. The largest absolute Gasteiger partial charge is 0.586 e. The van der Waals surface area contributed by atoms with Gasteiger partial charge in [0.1, 0.15) is 5.82 Å². The van der Waals surface area contributed by atoms with Gasteiger partial charge in [-0.2, -0.15) is 13.2 Å². The fourth-order valence-electron chi connectivity index (χ4n) is 4.68. The number of likely N-dealkylation sites (N-methyl/N-ethyl adjacent to an activating group) is 1. The Balaban J connectivity index is 1.60. The number of hydrogen-bond acceptors (Lipinski definition) is 6. The van der Waals surface area contributed by atoms with Crippen molar-refractivity contribution in [3.8, 4) is 22.6 Å². The molecule has 1 saturated heterocycles. The van der Waals surface area contributed by atoms with Gasteiger partial charge in [-0.3, -0.25) is 9.59 Å². The number of halogens is 6. The lowest BCUT2D eigenvalue weighted by Crippen LogP contribution is -2.48. The summed E-state index contributed by atoms with van der Waals surface area (Å²) < 4.78 is 92.4. The molecule has 1 atom stereocenters. The van der Waals surface area contributed by atoms with E-state index in [-0.39, 0.29) is 52.7 Å². The molecule has 2 aliphatic heterocycles. The molecular weight excluding hydrogens is 558 g/mol. The van der Waals surface area contributed by atoms with Crippen LogP contribution in [-0.2, 0) is 6.18 Å². The van der Waals surface area contributed by atoms with Gasteiger partial charge in [0.05, 0.1) is 29.0 Å². The van der Waals surface area contributed by atoms with Crippen LogP contribution in [-0.4, -0.2) is 48.3 Å². The van der Waals surface area contributed by atoms with Crippen molar-refractivity contribution in [3.63, 3.8) is 0 Å². The summed E-state index contributed by atoms with van der Waals surface area (Å²) in [6, 6.07) is 6.00. The highest BCUT2D eigenvalue weighted by Gasteiger charge is 2.43. The number of carbonyl (C=O) groups excluding carboxylic acids is 1. The molecule has 0 spiro atoms. The predicted octanol–water partition coefficient (Wildman–Crippen LogP) is 5.43. The fourth-order valence-corrected chi connectivity index (χ4v) is 4.68. The smallest absolute Gasteiger partial charge is 0.395 e. The SMILES string of the molecule is C=C1CN(c2cc(F)c(-c3ccc4c(c3)OC(F)(F)O4)cc2NC(=O)c2c[nH]c(=O)cc2C(F)(F)F)CC(C)N1C. The van der Waals surface area contributed by atoms with E-state index >= 15 is 4.39 Å². The van der Waals surface area contributed by atoms with Crippen molar-refractivity contribution >= 4 is 17.3 Å². The zero-order valence-corrected chi connectivity index (χ0v) is 21.5. The van der Waals surface area contributed by atoms with E-state index in [9.17, 15) is 31.5 Å². The molecule has 0 aliphatic carbocycles. The van der Waals surface area contributed by atoms with Gasteiger partial charge in [0.15, 0.2) is 11.5 Å². The van der Waals surface area contributed by atoms with E-state index in [0.29, 0.717) is 18.4 Å². The molecule has 0 saturated carbocycles. The number of benzene rings is 2. The highest BCUT2D eigenvalue weighted by Crippen LogP contribution is 2.44. The van der Waals surface area contributed by atoms with Crippen LogP contribution in [0.3, 0.4) is 0 Å². The molecule has 1 amide bonds. The van der Waals surface area contributed by atoms with Gasteiger partial charge in [0.25, 0.3) is 5.91 Å². The number of ether oxygens (including phenoxy) is 2. The van der Waals surface area contributed by atoms with E-state index < -0.39 is 40.9 Å². The molecular formula is C27H22F6N4O4. The zero-order chi connectivity index (χ0) is 29.9. The molecule has 0 radical (unpaired) electrons. The highest BCUT2D eigenvalue weighted by molar-refractivity contribution is 6.07. The number of carbonyl (C=O) groups is 1. The van der Waals surface area contributed by atoms with Crippen LogP contribution < -0.4 is 25.2 Å². The molecule has 3 aromatic rings. The van der Waals surface area contributed by atoms with Crippen molar-refractivity contribution in [2.24, 2.45) is 0 Å². The Kier molecular flexibility index (Phi) is 6.66. The summed E-state index contributed by atoms with van der Waals surface area (Å²) in [5, 5.41) is 2.41. The van der Waals surface area contributed by atoms with Crippen LogP contribution in [0.25, 0.3) is 11.1 Å². The molecule has 3 heterocycles. The lowest BCUT2D eigenvalue weighted by atomic mass is 10.0. The monoisotopic (exact) mass is 580 g/mol. The summed E-state index contributed by atoms with van der Waals surface area (Å²) in [5.74, 6) is -2.65. The van der Waals surface area contributed by atoms with Crippen LogP contribution in [0.1, 0.15) is 22.8 Å². The maximum atomic E-state index is 15.6. The van der Waals surface area contributed by atoms with Gasteiger partial charge >= 0.3 is 12.5 Å². The molecule has 216 valence electrons. The number of pyridine rings is 1. The van der Waals surface area contributed by atoms with Gasteiger partial charge in [-0.1, -0.05) is 12.6 Å². The number of anilines is 2. The third-order valence-corrected chi connectivity index (χ3v) is 6.88. The lowest BCUT2D eigenvalue weighted by molar-refractivity contribution is -0.286. The van der Waals surface area contributed by atoms with Gasteiger partial charge in [-0.05, 0) is 36.8 Å². The second-order valence-corrected chi connectivity index (χ2v) is 9.66. The summed E-state index contributed by atoms with van der Waals surface area (Å²) >= 11 is 0. The quantitative estimate of drug-likeness (QED) is 0.401. The Bertz CT molecular complexity index is 1620. The second-order valence-electron chi connectivity index (χ2n) is 9.66. The Hall–Kier alpha value is -4.62. The molecule has 2 N–H and O–H groups in total. The summed E-state index contributed by atoms with van der Waals surface area (Å²) in [6.45, 7) is 6.45. The average Bonchev–Trinajstić information content (AvgIpc) is 3.20. The van der Waals surface area contributed by atoms with Gasteiger partial charge in [0.2, 0.25) is 5.56 Å². The van der Waals surface area contributed by atoms with E-state index in [1.165, 1.54) is 12.1 Å². The number of amides is 1. The molecule has 1 fully saturated rings. The number of nitrogens with one attached hydrogen (secondary N) is 2. The van der Waals surface area contributed by atoms with Crippen molar-refractivity contribution < 1.29 is 40.6 Å². The number of rotatable bonds is 4. The van der Waals surface area contributed by atoms with Gasteiger partial charge in [0, 0.05) is 43.2 Å². The van der Waals surface area contributed by atoms with Crippen LogP contribution in [0.4, 0.5) is 37.7 Å². The highest BCUT2D eigenvalue weighted by atomic mass is 19.4. The van der Waals surface area contributed by atoms with Crippen LogP contribution in [0.5, 0.6) is 11.5 Å². The molecule has 2 aliphatic rings. The van der Waals surface area contributed by atoms with Crippen LogP contribution >= 0.6 is 0 Å². The lowest BCUT2D eigenvalue weighted by Gasteiger charge is -2.42. The maximum Gasteiger partial charge on any atom is 0.586 e. The first-order valence-electron chi connectivity index (χ1n) is 12.1. The molecule has 1 unspecified atom stereocenters. The normalized spacial score (nSPS) is 18.0. The van der Waals surface area contributed by atoms with Crippen LogP contribution in [0.15, 0.2) is 59.7 Å². The maximum absolute atomic E-state index is 15.6. The van der Waals surface area contributed by atoms with Gasteiger partial charge < -0.3 is 29.6 Å². The van der Waals surface area contributed by atoms with E-state index in [4.69, 9.17) is 0 Å². The molecule has 8 nitrogen and oxygen atoms in total. The molecule has 14 heteroatoms. The number of fused-ring (bicyclic) bond motifs is 1. The minimum atomic E-state index is -5.02. The number of alkyl halides is 5. The van der Waals surface area contributed by atoms with Crippen LogP contribution in [0, 0.1) is 5.82 Å². The first-order chi connectivity index (χ1) is 19.1. The number of nitrogens with zero attached hydrogens (tertiary/aromatic N) is 2. The van der Waals surface area contributed by atoms with Gasteiger partial charge in [-0.25, -0.2) is 4.39 Å². The zero-order valence-electron chi connectivity index (χ0n) is 21.5. The third-order valence-electron chi connectivity index (χ3n) is 6.88. The standard InChI is InChI=1S/C27H22F6N4O4/c1-13-11-37(12-14(2)36(13)3)21-9-19(28)16(15-4-5-22-23(6-15)41-27(32,33)40-22)7-20(21)35-25(39)17-10-34-24(38)8-18(17)26(29,30)31/h4-10,14H,1,11-12H2,2-3H3,(H,34,38)(H,35,39). The molecule has 2 aromatic carbocycles. The van der Waals surface area contributed by atoms with E-state index in [1.54, 1.807) is 4.90 Å². The summed E-state index contributed by atoms with van der Waals surface area (Å²) in [5.41, 5.74) is -2.73. The Morgan fingerprint density at radius 3 is 2.54 bits per heavy atom. The molecule has 1 aromatic heterocycles. The number of H-pyrrole nitrogens is 1. The topological polar surface area (TPSA) is 86.9 Å². The summed E-state index contributed by atoms with van der Waals surface area (Å²) in [7, 11) is 1.83. The van der Waals surface area contributed by atoms with Crippen molar-refractivity contribution in [2.75, 3.05) is 30.4 Å². The molecule has 41 heavy (non-hydrogen) atoms. The third kappa shape index (κ3) is 5.41. The number of piperazine rings is 1. The van der Waals surface area contributed by atoms with E-state index in [1.807, 2.05) is 18.9 Å². The van der Waals surface area contributed by atoms with Crippen molar-refractivity contribution in [2.45, 2.75) is 25.4 Å². The van der Waals surface area contributed by atoms with Crippen molar-refractivity contribution in [3.05, 3.63) is 82.2 Å². The van der Waals surface area contributed by atoms with E-state index in [0.717, 1.165) is 18.2 Å². The van der Waals surface area contributed by atoms with Crippen molar-refractivity contribution in [1.82, 2.24) is 9.88 Å². The minimum absolute atomic E-state index is 0.0702. The predicted molar refractivity (Wildman–Crippen MR) is 137 cm³/mol. The number of aromatic nitrogens is 1. The summed E-state index contributed by atoms with van der Waals surface area (Å²) in [4.78, 5) is 30.4. The minimum Gasteiger partial charge on any atom is -0.395 e. The number of aromatic amines is 1. The first kappa shape index (κ1) is 27.9. The molecule has 0 bridgehead atoms.